The third-order valence-electron chi connectivity index (χ3n) is 14.5. The van der Waals surface area contributed by atoms with E-state index in [9.17, 15) is 0 Å². The minimum absolute atomic E-state index is 0.00505. The summed E-state index contributed by atoms with van der Waals surface area (Å²) in [5.74, 6) is 0.981. The molecule has 302 valence electrons. The number of hydrogen-bond donors (Lipinski definition) is 0. The highest BCUT2D eigenvalue weighted by Crippen LogP contribution is 2.55. The molecule has 2 unspecified atom stereocenters. The van der Waals surface area contributed by atoms with Crippen molar-refractivity contribution in [3.8, 4) is 28.0 Å². The maximum absolute atomic E-state index is 7.45. The van der Waals surface area contributed by atoms with Crippen molar-refractivity contribution < 1.29 is 4.74 Å². The minimum Gasteiger partial charge on any atom is -0.495 e. The molecule has 0 aromatic heterocycles. The van der Waals surface area contributed by atoms with Gasteiger partial charge in [0.25, 0.3) is 6.71 Å². The topological polar surface area (TPSA) is 15.7 Å². The monoisotopic (exact) mass is 794 g/mol. The summed E-state index contributed by atoms with van der Waals surface area (Å²) in [6.07, 6.45) is 2.31. The van der Waals surface area contributed by atoms with E-state index in [0.29, 0.717) is 0 Å². The Kier molecular flexibility index (Phi) is 8.40. The van der Waals surface area contributed by atoms with Gasteiger partial charge in [0.05, 0.1) is 11.7 Å². The number of hydrogen-bond acceptors (Lipinski definition) is 3. The molecular weight excluding hydrogens is 739 g/mol. The van der Waals surface area contributed by atoms with Crippen molar-refractivity contribution in [2.45, 2.75) is 96.5 Å². The molecule has 61 heavy (non-hydrogen) atoms. The first-order valence-corrected chi connectivity index (χ1v) is 22.3. The molecule has 7 aromatic carbocycles. The van der Waals surface area contributed by atoms with Gasteiger partial charge in [-0.05, 0) is 140 Å². The molecule has 0 spiro atoms. The van der Waals surface area contributed by atoms with Crippen LogP contribution in [0.25, 0.3) is 22.3 Å². The van der Waals surface area contributed by atoms with Gasteiger partial charge in [-0.15, -0.1) is 0 Å². The van der Waals surface area contributed by atoms with Gasteiger partial charge in [0.1, 0.15) is 11.8 Å². The summed E-state index contributed by atoms with van der Waals surface area (Å²) >= 11 is 0. The molecule has 2 atom stereocenters. The summed E-state index contributed by atoms with van der Waals surface area (Å²) < 4.78 is 7.45. The number of anilines is 5. The number of benzene rings is 7. The Morgan fingerprint density at radius 2 is 1.21 bits per heavy atom. The van der Waals surface area contributed by atoms with Crippen LogP contribution in [-0.2, 0) is 16.2 Å². The van der Waals surface area contributed by atoms with Crippen LogP contribution in [0.1, 0.15) is 95.2 Å². The van der Waals surface area contributed by atoms with Crippen molar-refractivity contribution in [2.75, 3.05) is 9.80 Å². The SMILES string of the molecule is Cc1cc2c3c(c1)N(c1ccccc1)C1c4cc(-c5ccccc5)ccc4OC1B3c1cc3c(cc1N2c1ccc(C(C)(C)C)cc1-c1ccccc1)C(C)(C)CCC3(C)C. The zero-order valence-corrected chi connectivity index (χ0v) is 36.9. The Hall–Kier alpha value is -6.00. The molecule has 3 heterocycles. The first-order valence-electron chi connectivity index (χ1n) is 22.3. The van der Waals surface area contributed by atoms with Crippen LogP contribution in [0.4, 0.5) is 28.4 Å². The van der Waals surface area contributed by atoms with Crippen molar-refractivity contribution >= 4 is 46.1 Å². The van der Waals surface area contributed by atoms with Gasteiger partial charge in [-0.1, -0.05) is 146 Å². The lowest BCUT2D eigenvalue weighted by atomic mass is 9.32. The average molecular weight is 795 g/mol. The van der Waals surface area contributed by atoms with Crippen molar-refractivity contribution in [2.24, 2.45) is 0 Å². The van der Waals surface area contributed by atoms with E-state index in [-0.39, 0.29) is 35.0 Å². The van der Waals surface area contributed by atoms with Crippen molar-refractivity contribution in [3.05, 3.63) is 179 Å². The zero-order chi connectivity index (χ0) is 42.0. The fourth-order valence-corrected chi connectivity index (χ4v) is 11.1. The quantitative estimate of drug-likeness (QED) is 0.165. The van der Waals surface area contributed by atoms with Crippen LogP contribution in [0.5, 0.6) is 5.75 Å². The molecule has 11 rings (SSSR count). The Bertz CT molecular complexity index is 2860. The smallest absolute Gasteiger partial charge is 0.267 e. The first-order chi connectivity index (χ1) is 29.3. The van der Waals surface area contributed by atoms with Gasteiger partial charge in [-0.25, -0.2) is 0 Å². The molecular formula is C57H55BN2O. The summed E-state index contributed by atoms with van der Waals surface area (Å²) in [5.41, 5.74) is 20.6. The van der Waals surface area contributed by atoms with E-state index >= 15 is 0 Å². The number of nitrogens with zero attached hydrogens (tertiary/aromatic N) is 2. The van der Waals surface area contributed by atoms with Crippen LogP contribution >= 0.6 is 0 Å². The van der Waals surface area contributed by atoms with Gasteiger partial charge in [0.15, 0.2) is 0 Å². The van der Waals surface area contributed by atoms with Crippen molar-refractivity contribution in [3.63, 3.8) is 0 Å². The summed E-state index contributed by atoms with van der Waals surface area (Å²) in [6, 6.07) is 56.9. The molecule has 0 N–H and O–H groups in total. The summed E-state index contributed by atoms with van der Waals surface area (Å²) in [4.78, 5) is 5.26. The van der Waals surface area contributed by atoms with E-state index < -0.39 is 0 Å². The van der Waals surface area contributed by atoms with Gasteiger partial charge in [-0.3, -0.25) is 0 Å². The van der Waals surface area contributed by atoms with Crippen LogP contribution in [0, 0.1) is 6.92 Å². The fraction of sp³-hybridized carbons (Fsp3) is 0.263. The van der Waals surface area contributed by atoms with Crippen LogP contribution in [0.2, 0.25) is 0 Å². The highest BCUT2D eigenvalue weighted by Gasteiger charge is 2.56. The number of rotatable bonds is 4. The van der Waals surface area contributed by atoms with E-state index in [1.165, 1.54) is 89.4 Å². The van der Waals surface area contributed by atoms with Crippen LogP contribution < -0.4 is 25.5 Å². The van der Waals surface area contributed by atoms with Gasteiger partial charge in [-0.2, -0.15) is 0 Å². The fourth-order valence-electron chi connectivity index (χ4n) is 11.1. The van der Waals surface area contributed by atoms with Gasteiger partial charge in [0, 0.05) is 33.9 Å². The van der Waals surface area contributed by atoms with Crippen LogP contribution in [0.15, 0.2) is 152 Å². The highest BCUT2D eigenvalue weighted by atomic mass is 16.5. The molecule has 0 saturated carbocycles. The van der Waals surface area contributed by atoms with Gasteiger partial charge >= 0.3 is 0 Å². The minimum atomic E-state index is -0.161. The predicted molar refractivity (Wildman–Crippen MR) is 258 cm³/mol. The average Bonchev–Trinajstić information content (AvgIpc) is 3.63. The lowest BCUT2D eigenvalue weighted by Gasteiger charge is -2.50. The second-order valence-electron chi connectivity index (χ2n) is 20.5. The molecule has 0 amide bonds. The number of fused-ring (bicyclic) bond motifs is 7. The van der Waals surface area contributed by atoms with E-state index in [4.69, 9.17) is 4.74 Å². The summed E-state index contributed by atoms with van der Waals surface area (Å²) in [6.45, 7) is 19.1. The standard InChI is InChI=1S/C57H55BN2O/c1-36-30-49-52-50(31-36)60(47-26-25-40(55(2,3)4)33-42(47)38-20-14-10-15-21-38)48-35-45-44(56(5,6)28-29-57(45,7)8)34-46(48)58(52)54-53(59(49)41-22-16-11-17-23-41)43-32-39(24-27-51(43)61-54)37-18-12-9-13-19-37/h9-27,30-35,53-54H,28-29H2,1-8H3. The molecule has 0 bridgehead atoms. The summed E-state index contributed by atoms with van der Waals surface area (Å²) in [7, 11) is 0. The van der Waals surface area contributed by atoms with Crippen LogP contribution in [-0.4, -0.2) is 12.7 Å². The second-order valence-corrected chi connectivity index (χ2v) is 20.5. The normalized spacial score (nSPS) is 19.0. The molecule has 7 aromatic rings. The van der Waals surface area contributed by atoms with E-state index in [1.807, 2.05) is 0 Å². The number of aryl methyl sites for hydroxylation is 1. The molecule has 3 aliphatic heterocycles. The molecule has 3 nitrogen and oxygen atoms in total. The maximum atomic E-state index is 7.45. The van der Waals surface area contributed by atoms with Gasteiger partial charge < -0.3 is 14.5 Å². The predicted octanol–water partition coefficient (Wildman–Crippen LogP) is 13.6. The first kappa shape index (κ1) is 38.0. The molecule has 0 fully saturated rings. The third-order valence-corrected chi connectivity index (χ3v) is 14.5. The number of ether oxygens (including phenoxy) is 1. The largest absolute Gasteiger partial charge is 0.495 e. The van der Waals surface area contributed by atoms with Crippen molar-refractivity contribution in [1.29, 1.82) is 0 Å². The molecule has 1 aliphatic carbocycles. The lowest BCUT2D eigenvalue weighted by molar-refractivity contribution is 0.282. The second kappa shape index (κ2) is 13.5. The lowest BCUT2D eigenvalue weighted by Crippen LogP contribution is -2.65. The van der Waals surface area contributed by atoms with Crippen LogP contribution in [0.3, 0.4) is 0 Å². The Balaban J connectivity index is 1.24. The van der Waals surface area contributed by atoms with E-state index in [2.05, 4.69) is 217 Å². The Morgan fingerprint density at radius 3 is 1.89 bits per heavy atom. The maximum Gasteiger partial charge on any atom is 0.267 e. The highest BCUT2D eigenvalue weighted by molar-refractivity contribution is 6.91. The molecule has 4 aliphatic rings. The summed E-state index contributed by atoms with van der Waals surface area (Å²) in [5, 5.41) is 0. The van der Waals surface area contributed by atoms with E-state index in [0.717, 1.165) is 18.6 Å². The molecule has 4 heteroatoms. The number of para-hydroxylation sites is 1. The Morgan fingerprint density at radius 1 is 0.590 bits per heavy atom. The molecule has 0 saturated heterocycles. The van der Waals surface area contributed by atoms with E-state index in [1.54, 1.807) is 0 Å². The Labute approximate surface area is 363 Å². The zero-order valence-electron chi connectivity index (χ0n) is 36.9. The van der Waals surface area contributed by atoms with Crippen molar-refractivity contribution in [1.82, 2.24) is 0 Å². The molecule has 0 radical (unpaired) electrons. The van der Waals surface area contributed by atoms with Gasteiger partial charge in [0.2, 0.25) is 0 Å². The third kappa shape index (κ3) is 5.93.